The van der Waals surface area contributed by atoms with Gasteiger partial charge in [-0.2, -0.15) is 0 Å². The van der Waals surface area contributed by atoms with Crippen LogP contribution in [0.15, 0.2) is 22.7 Å². The van der Waals surface area contributed by atoms with E-state index in [4.69, 9.17) is 0 Å². The van der Waals surface area contributed by atoms with Crippen molar-refractivity contribution in [3.63, 3.8) is 0 Å². The van der Waals surface area contributed by atoms with Crippen molar-refractivity contribution in [2.45, 2.75) is 19.8 Å². The summed E-state index contributed by atoms with van der Waals surface area (Å²) in [6, 6.07) is 5.58. The van der Waals surface area contributed by atoms with Crippen LogP contribution >= 0.6 is 15.9 Å². The Kier molecular flexibility index (Phi) is 3.26. The molecule has 0 heterocycles. The topological polar surface area (TPSA) is 46.2 Å². The van der Waals surface area contributed by atoms with Gasteiger partial charge in [-0.15, -0.1) is 0 Å². The zero-order chi connectivity index (χ0) is 11.8. The monoisotopic (exact) mass is 303 g/mol. The van der Waals surface area contributed by atoms with Crippen LogP contribution in [0.2, 0.25) is 0 Å². The van der Waals surface area contributed by atoms with Gasteiger partial charge in [0.2, 0.25) is 10.0 Å². The van der Waals surface area contributed by atoms with Crippen molar-refractivity contribution in [3.8, 4) is 0 Å². The first-order valence-corrected chi connectivity index (χ1v) is 7.67. The van der Waals surface area contributed by atoms with E-state index in [9.17, 15) is 8.42 Å². The van der Waals surface area contributed by atoms with Crippen LogP contribution in [0.5, 0.6) is 0 Å². The first kappa shape index (κ1) is 11.9. The first-order valence-electron chi connectivity index (χ1n) is 5.23. The zero-order valence-electron chi connectivity index (χ0n) is 9.03. The molecule has 0 saturated heterocycles. The van der Waals surface area contributed by atoms with Crippen LogP contribution in [0, 0.1) is 12.8 Å². The summed E-state index contributed by atoms with van der Waals surface area (Å²) >= 11 is 3.33. The number of halogens is 1. The lowest BCUT2D eigenvalue weighted by molar-refractivity contribution is 0.597. The SMILES string of the molecule is Cc1ccc(Br)cc1NS(=O)(=O)CC1CC1. The van der Waals surface area contributed by atoms with Crippen LogP contribution in [-0.2, 0) is 10.0 Å². The summed E-state index contributed by atoms with van der Waals surface area (Å²) in [4.78, 5) is 0. The molecule has 88 valence electrons. The van der Waals surface area contributed by atoms with E-state index in [-0.39, 0.29) is 5.75 Å². The number of benzene rings is 1. The van der Waals surface area contributed by atoms with Crippen LogP contribution < -0.4 is 4.72 Å². The minimum atomic E-state index is -3.18. The van der Waals surface area contributed by atoms with Crippen LogP contribution in [0.1, 0.15) is 18.4 Å². The molecular formula is C11H14BrNO2S. The molecule has 0 spiro atoms. The molecule has 0 amide bonds. The Bertz CT molecular complexity index is 495. The molecule has 0 bridgehead atoms. The van der Waals surface area contributed by atoms with E-state index < -0.39 is 10.0 Å². The molecule has 0 atom stereocenters. The minimum absolute atomic E-state index is 0.249. The number of hydrogen-bond acceptors (Lipinski definition) is 2. The second kappa shape index (κ2) is 4.37. The first-order chi connectivity index (χ1) is 7.46. The van der Waals surface area contributed by atoms with Crippen molar-refractivity contribution < 1.29 is 8.42 Å². The summed E-state index contributed by atoms with van der Waals surface area (Å²) in [5.41, 5.74) is 1.59. The maximum absolute atomic E-state index is 11.8. The highest BCUT2D eigenvalue weighted by atomic mass is 79.9. The molecule has 16 heavy (non-hydrogen) atoms. The smallest absolute Gasteiger partial charge is 0.233 e. The fraction of sp³-hybridized carbons (Fsp3) is 0.455. The molecule has 0 aliphatic heterocycles. The summed E-state index contributed by atoms with van der Waals surface area (Å²) in [5, 5.41) is 0. The lowest BCUT2D eigenvalue weighted by Crippen LogP contribution is -2.18. The van der Waals surface area contributed by atoms with Crippen molar-refractivity contribution in [3.05, 3.63) is 28.2 Å². The van der Waals surface area contributed by atoms with Gasteiger partial charge < -0.3 is 0 Å². The van der Waals surface area contributed by atoms with Crippen molar-refractivity contribution in [1.82, 2.24) is 0 Å². The Morgan fingerprint density at radius 1 is 1.44 bits per heavy atom. The molecule has 1 aromatic carbocycles. The number of anilines is 1. The van der Waals surface area contributed by atoms with E-state index in [1.165, 1.54) is 0 Å². The molecule has 5 heteroatoms. The third kappa shape index (κ3) is 3.22. The van der Waals surface area contributed by atoms with Gasteiger partial charge in [-0.25, -0.2) is 8.42 Å². The molecule has 0 unspecified atom stereocenters. The third-order valence-corrected chi connectivity index (χ3v) is 4.55. The molecule has 1 aliphatic rings. The molecule has 1 fully saturated rings. The number of nitrogens with one attached hydrogen (secondary N) is 1. The normalized spacial score (nSPS) is 16.1. The van der Waals surface area contributed by atoms with Gasteiger partial charge in [0.25, 0.3) is 0 Å². The highest BCUT2D eigenvalue weighted by Gasteiger charge is 2.28. The molecule has 0 aromatic heterocycles. The van der Waals surface area contributed by atoms with Crippen molar-refractivity contribution in [1.29, 1.82) is 0 Å². The number of rotatable bonds is 4. The largest absolute Gasteiger partial charge is 0.283 e. The van der Waals surface area contributed by atoms with Gasteiger partial charge in [0.15, 0.2) is 0 Å². The van der Waals surface area contributed by atoms with E-state index in [1.807, 2.05) is 19.1 Å². The Labute approximate surface area is 104 Å². The summed E-state index contributed by atoms with van der Waals surface area (Å²) in [6.07, 6.45) is 2.08. The molecule has 2 rings (SSSR count). The van der Waals surface area contributed by atoms with Gasteiger partial charge in [0, 0.05) is 4.47 Å². The van der Waals surface area contributed by atoms with Gasteiger partial charge >= 0.3 is 0 Å². The minimum Gasteiger partial charge on any atom is -0.283 e. The Morgan fingerprint density at radius 3 is 2.75 bits per heavy atom. The van der Waals surface area contributed by atoms with Crippen LogP contribution in [0.4, 0.5) is 5.69 Å². The van der Waals surface area contributed by atoms with Crippen molar-refractivity contribution in [2.24, 2.45) is 5.92 Å². The predicted molar refractivity (Wildman–Crippen MR) is 69.0 cm³/mol. The molecule has 0 radical (unpaired) electrons. The lowest BCUT2D eigenvalue weighted by atomic mass is 10.2. The van der Waals surface area contributed by atoms with E-state index in [1.54, 1.807) is 6.07 Å². The summed E-state index contributed by atoms with van der Waals surface area (Å²) < 4.78 is 27.1. The van der Waals surface area contributed by atoms with Gasteiger partial charge in [0.05, 0.1) is 11.4 Å². The number of hydrogen-bond donors (Lipinski definition) is 1. The fourth-order valence-electron chi connectivity index (χ4n) is 1.51. The molecule has 1 aliphatic carbocycles. The molecule has 1 saturated carbocycles. The van der Waals surface area contributed by atoms with Gasteiger partial charge in [-0.05, 0) is 43.4 Å². The Balaban J connectivity index is 2.15. The fourth-order valence-corrected chi connectivity index (χ4v) is 3.46. The number of sulfonamides is 1. The standard InChI is InChI=1S/C11H14BrNO2S/c1-8-2-5-10(12)6-11(8)13-16(14,15)7-9-3-4-9/h2,5-6,9,13H,3-4,7H2,1H3. The van der Waals surface area contributed by atoms with Crippen LogP contribution in [-0.4, -0.2) is 14.2 Å². The highest BCUT2D eigenvalue weighted by Crippen LogP contribution is 2.31. The average Bonchev–Trinajstić information content (AvgIpc) is 2.94. The third-order valence-electron chi connectivity index (χ3n) is 2.62. The maximum Gasteiger partial charge on any atom is 0.233 e. The average molecular weight is 304 g/mol. The molecular weight excluding hydrogens is 290 g/mol. The summed E-state index contributed by atoms with van der Waals surface area (Å²) in [6.45, 7) is 1.89. The van der Waals surface area contributed by atoms with Crippen molar-refractivity contribution in [2.75, 3.05) is 10.5 Å². The second-order valence-corrected chi connectivity index (χ2v) is 6.97. The summed E-state index contributed by atoms with van der Waals surface area (Å²) in [7, 11) is -3.18. The Morgan fingerprint density at radius 2 is 2.12 bits per heavy atom. The van der Waals surface area contributed by atoms with E-state index in [2.05, 4.69) is 20.7 Å². The molecule has 1 N–H and O–H groups in total. The number of aryl methyl sites for hydroxylation is 1. The van der Waals surface area contributed by atoms with Crippen molar-refractivity contribution >= 4 is 31.6 Å². The van der Waals surface area contributed by atoms with Crippen LogP contribution in [0.25, 0.3) is 0 Å². The van der Waals surface area contributed by atoms with Gasteiger partial charge in [-0.3, -0.25) is 4.72 Å². The van der Waals surface area contributed by atoms with Crippen LogP contribution in [0.3, 0.4) is 0 Å². The van der Waals surface area contributed by atoms with E-state index in [0.717, 1.165) is 22.9 Å². The van der Waals surface area contributed by atoms with Gasteiger partial charge in [0.1, 0.15) is 0 Å². The molecule has 3 nitrogen and oxygen atoms in total. The Hall–Kier alpha value is -0.550. The highest BCUT2D eigenvalue weighted by molar-refractivity contribution is 9.10. The molecule has 1 aromatic rings. The van der Waals surface area contributed by atoms with E-state index in [0.29, 0.717) is 11.6 Å². The maximum atomic E-state index is 11.8. The second-order valence-electron chi connectivity index (χ2n) is 4.29. The lowest BCUT2D eigenvalue weighted by Gasteiger charge is -2.10. The summed E-state index contributed by atoms with van der Waals surface area (Å²) in [5.74, 6) is 0.615. The van der Waals surface area contributed by atoms with E-state index >= 15 is 0 Å². The van der Waals surface area contributed by atoms with Gasteiger partial charge in [-0.1, -0.05) is 22.0 Å². The quantitative estimate of drug-likeness (QED) is 0.929. The zero-order valence-corrected chi connectivity index (χ0v) is 11.4. The predicted octanol–water partition coefficient (Wildman–Crippen LogP) is 2.91.